The molecule has 1 N–H and O–H groups in total. The Balaban J connectivity index is 1.76. The van der Waals surface area contributed by atoms with Crippen LogP contribution in [0.2, 0.25) is 0 Å². The molecule has 2 atom stereocenters. The lowest BCUT2D eigenvalue weighted by atomic mass is 10.0. The Hall–Kier alpha value is -1.77. The van der Waals surface area contributed by atoms with Gasteiger partial charge in [-0.15, -0.1) is 0 Å². The number of fused-ring (bicyclic) bond motifs is 1. The van der Waals surface area contributed by atoms with Crippen molar-refractivity contribution in [2.24, 2.45) is 11.8 Å². The summed E-state index contributed by atoms with van der Waals surface area (Å²) in [6.45, 7) is 6.26. The Morgan fingerprint density at radius 3 is 2.68 bits per heavy atom. The molecule has 19 heavy (non-hydrogen) atoms. The maximum atomic E-state index is 12.4. The van der Waals surface area contributed by atoms with E-state index in [1.165, 1.54) is 0 Å². The van der Waals surface area contributed by atoms with Gasteiger partial charge in [-0.05, 0) is 23.5 Å². The van der Waals surface area contributed by atoms with E-state index in [0.717, 1.165) is 29.6 Å². The van der Waals surface area contributed by atoms with Gasteiger partial charge in [0.05, 0.1) is 6.42 Å². The summed E-state index contributed by atoms with van der Waals surface area (Å²) < 4.78 is 0. The Morgan fingerprint density at radius 1 is 1.26 bits per heavy atom. The Bertz CT molecular complexity index is 592. The number of amides is 1. The molecule has 1 aliphatic heterocycles. The van der Waals surface area contributed by atoms with Crippen LogP contribution in [0.25, 0.3) is 10.9 Å². The average molecular weight is 256 g/mol. The van der Waals surface area contributed by atoms with Crippen LogP contribution in [0.1, 0.15) is 19.4 Å². The third-order valence-electron chi connectivity index (χ3n) is 4.36. The molecule has 1 aromatic carbocycles. The minimum absolute atomic E-state index is 0.251. The van der Waals surface area contributed by atoms with Crippen molar-refractivity contribution in [2.75, 3.05) is 13.1 Å². The van der Waals surface area contributed by atoms with Crippen molar-refractivity contribution < 1.29 is 4.79 Å². The SMILES string of the molecule is CC1CN(C(=O)Cc2c[nH]c3ccccc23)CC1C. The van der Waals surface area contributed by atoms with Crippen molar-refractivity contribution in [3.05, 3.63) is 36.0 Å². The van der Waals surface area contributed by atoms with E-state index in [1.807, 2.05) is 29.3 Å². The summed E-state index contributed by atoms with van der Waals surface area (Å²) in [5, 5.41) is 1.16. The van der Waals surface area contributed by atoms with Gasteiger partial charge < -0.3 is 9.88 Å². The molecular formula is C16H20N2O. The molecule has 2 unspecified atom stereocenters. The normalized spacial score (nSPS) is 23.2. The molecule has 2 heterocycles. The number of nitrogens with one attached hydrogen (secondary N) is 1. The number of aromatic amines is 1. The zero-order chi connectivity index (χ0) is 13.4. The van der Waals surface area contributed by atoms with E-state index in [1.54, 1.807) is 0 Å². The Labute approximate surface area is 113 Å². The summed E-state index contributed by atoms with van der Waals surface area (Å²) in [6.07, 6.45) is 2.47. The lowest BCUT2D eigenvalue weighted by Crippen LogP contribution is -2.30. The maximum Gasteiger partial charge on any atom is 0.227 e. The van der Waals surface area contributed by atoms with E-state index in [4.69, 9.17) is 0 Å². The van der Waals surface area contributed by atoms with E-state index in [0.29, 0.717) is 18.3 Å². The molecule has 2 aromatic rings. The number of carbonyl (C=O) groups excluding carboxylic acids is 1. The smallest absolute Gasteiger partial charge is 0.227 e. The van der Waals surface area contributed by atoms with Gasteiger partial charge in [0.1, 0.15) is 0 Å². The van der Waals surface area contributed by atoms with Gasteiger partial charge in [-0.25, -0.2) is 0 Å². The molecule has 0 saturated carbocycles. The monoisotopic (exact) mass is 256 g/mol. The summed E-state index contributed by atoms with van der Waals surface area (Å²) >= 11 is 0. The zero-order valence-electron chi connectivity index (χ0n) is 11.5. The predicted molar refractivity (Wildman–Crippen MR) is 76.9 cm³/mol. The quantitative estimate of drug-likeness (QED) is 0.881. The van der Waals surface area contributed by atoms with Crippen molar-refractivity contribution in [2.45, 2.75) is 20.3 Å². The molecule has 1 saturated heterocycles. The lowest BCUT2D eigenvalue weighted by Gasteiger charge is -2.15. The van der Waals surface area contributed by atoms with Crippen LogP contribution in [0.5, 0.6) is 0 Å². The Kier molecular flexibility index (Phi) is 3.05. The molecular weight excluding hydrogens is 236 g/mol. The van der Waals surface area contributed by atoms with Gasteiger partial charge >= 0.3 is 0 Å². The predicted octanol–water partition coefficient (Wildman–Crippen LogP) is 2.82. The molecule has 1 aromatic heterocycles. The van der Waals surface area contributed by atoms with Crippen molar-refractivity contribution in [1.29, 1.82) is 0 Å². The first-order valence-electron chi connectivity index (χ1n) is 6.98. The van der Waals surface area contributed by atoms with E-state index >= 15 is 0 Å². The largest absolute Gasteiger partial charge is 0.361 e. The van der Waals surface area contributed by atoms with Crippen LogP contribution in [0, 0.1) is 11.8 Å². The molecule has 0 bridgehead atoms. The summed E-state index contributed by atoms with van der Waals surface area (Å²) in [7, 11) is 0. The molecule has 1 amide bonds. The lowest BCUT2D eigenvalue weighted by molar-refractivity contribution is -0.129. The number of rotatable bonds is 2. The molecule has 1 aliphatic rings. The first kappa shape index (κ1) is 12.3. The number of nitrogens with zero attached hydrogens (tertiary/aromatic N) is 1. The highest BCUT2D eigenvalue weighted by molar-refractivity contribution is 5.88. The number of benzene rings is 1. The minimum Gasteiger partial charge on any atom is -0.361 e. The fourth-order valence-electron chi connectivity index (χ4n) is 2.89. The molecule has 0 spiro atoms. The topological polar surface area (TPSA) is 36.1 Å². The van der Waals surface area contributed by atoms with Gasteiger partial charge in [0.25, 0.3) is 0 Å². The summed E-state index contributed by atoms with van der Waals surface area (Å²) in [4.78, 5) is 17.6. The highest BCUT2D eigenvalue weighted by Gasteiger charge is 2.29. The minimum atomic E-state index is 0.251. The number of H-pyrrole nitrogens is 1. The molecule has 3 nitrogen and oxygen atoms in total. The van der Waals surface area contributed by atoms with Crippen LogP contribution in [0.3, 0.4) is 0 Å². The van der Waals surface area contributed by atoms with Crippen molar-refractivity contribution in [1.82, 2.24) is 9.88 Å². The number of para-hydroxylation sites is 1. The first-order chi connectivity index (χ1) is 9.15. The zero-order valence-corrected chi connectivity index (χ0v) is 11.5. The standard InChI is InChI=1S/C16H20N2O/c1-11-9-18(10-12(11)2)16(19)7-13-8-17-15-6-4-3-5-14(13)15/h3-6,8,11-12,17H,7,9-10H2,1-2H3. The highest BCUT2D eigenvalue weighted by atomic mass is 16.2. The number of likely N-dealkylation sites (tertiary alicyclic amines) is 1. The van der Waals surface area contributed by atoms with E-state index in [2.05, 4.69) is 24.9 Å². The second-order valence-corrected chi connectivity index (χ2v) is 5.79. The van der Waals surface area contributed by atoms with Crippen LogP contribution in [0.4, 0.5) is 0 Å². The average Bonchev–Trinajstić information content (AvgIpc) is 2.95. The first-order valence-corrected chi connectivity index (χ1v) is 6.98. The van der Waals surface area contributed by atoms with Gasteiger partial charge in [-0.3, -0.25) is 4.79 Å². The van der Waals surface area contributed by atoms with Crippen molar-refractivity contribution in [3.8, 4) is 0 Å². The van der Waals surface area contributed by atoms with E-state index in [9.17, 15) is 4.79 Å². The Morgan fingerprint density at radius 2 is 1.95 bits per heavy atom. The second-order valence-electron chi connectivity index (χ2n) is 5.79. The van der Waals surface area contributed by atoms with Crippen molar-refractivity contribution in [3.63, 3.8) is 0 Å². The third kappa shape index (κ3) is 2.25. The number of carbonyl (C=O) groups is 1. The van der Waals surface area contributed by atoms with Gasteiger partial charge in [-0.2, -0.15) is 0 Å². The summed E-state index contributed by atoms with van der Waals surface area (Å²) in [5.74, 6) is 1.49. The molecule has 1 fully saturated rings. The maximum absolute atomic E-state index is 12.4. The van der Waals surface area contributed by atoms with Crippen LogP contribution < -0.4 is 0 Å². The third-order valence-corrected chi connectivity index (χ3v) is 4.36. The van der Waals surface area contributed by atoms with Gasteiger partial charge in [-0.1, -0.05) is 32.0 Å². The van der Waals surface area contributed by atoms with E-state index < -0.39 is 0 Å². The fraction of sp³-hybridized carbons (Fsp3) is 0.438. The van der Waals surface area contributed by atoms with Crippen molar-refractivity contribution >= 4 is 16.8 Å². The number of aromatic nitrogens is 1. The molecule has 0 radical (unpaired) electrons. The van der Waals surface area contributed by atoms with Crippen LogP contribution >= 0.6 is 0 Å². The summed E-state index contributed by atoms with van der Waals surface area (Å²) in [5.41, 5.74) is 2.21. The number of hydrogen-bond acceptors (Lipinski definition) is 1. The van der Waals surface area contributed by atoms with Gasteiger partial charge in [0, 0.05) is 30.2 Å². The fourth-order valence-corrected chi connectivity index (χ4v) is 2.89. The molecule has 100 valence electrons. The molecule has 3 rings (SSSR count). The van der Waals surface area contributed by atoms with Gasteiger partial charge in [0.2, 0.25) is 5.91 Å². The van der Waals surface area contributed by atoms with Gasteiger partial charge in [0.15, 0.2) is 0 Å². The summed E-state index contributed by atoms with van der Waals surface area (Å²) in [6, 6.07) is 8.14. The number of hydrogen-bond donors (Lipinski definition) is 1. The van der Waals surface area contributed by atoms with Crippen LogP contribution in [-0.4, -0.2) is 28.9 Å². The van der Waals surface area contributed by atoms with E-state index in [-0.39, 0.29) is 5.91 Å². The van der Waals surface area contributed by atoms with Crippen LogP contribution in [-0.2, 0) is 11.2 Å². The van der Waals surface area contributed by atoms with Crippen LogP contribution in [0.15, 0.2) is 30.5 Å². The molecule has 3 heteroatoms. The second kappa shape index (κ2) is 4.72. The molecule has 0 aliphatic carbocycles. The highest BCUT2D eigenvalue weighted by Crippen LogP contribution is 2.24.